The van der Waals surface area contributed by atoms with Crippen LogP contribution >= 0.6 is 0 Å². The van der Waals surface area contributed by atoms with Crippen LogP contribution in [0.2, 0.25) is 63.2 Å². The van der Waals surface area contributed by atoms with Crippen LogP contribution in [0.5, 0.6) is 0 Å². The smallest absolute Gasteiger partial charge is 0.466 e. The maximum Gasteiger partial charge on any atom is 0.484 e. The van der Waals surface area contributed by atoms with Gasteiger partial charge in [0.25, 0.3) is 0 Å². The van der Waals surface area contributed by atoms with Crippen molar-refractivity contribution in [2.75, 3.05) is 13.7 Å². The summed E-state index contributed by atoms with van der Waals surface area (Å²) < 4.78 is 71.1. The van der Waals surface area contributed by atoms with Gasteiger partial charge in [0.15, 0.2) is 4.28 Å². The lowest BCUT2D eigenvalue weighted by Gasteiger charge is -2.57. The van der Waals surface area contributed by atoms with Crippen LogP contribution in [0.4, 0.5) is 0 Å². The number of methoxy groups -OCH3 is 1. The fourth-order valence-corrected chi connectivity index (χ4v) is 54.5. The van der Waals surface area contributed by atoms with Crippen LogP contribution in [-0.2, 0) is 56.1 Å². The lowest BCUT2D eigenvalue weighted by molar-refractivity contribution is -0.139. The van der Waals surface area contributed by atoms with E-state index < -0.39 is 131 Å². The van der Waals surface area contributed by atoms with Gasteiger partial charge in [-0.15, -0.1) is 0 Å². The normalized spacial score (nSPS) is 20.2. The molecule has 0 aromatic heterocycles. The molecule has 0 unspecified atom stereocenters. The number of carbonyl (C=O) groups excluding carboxylic acids is 2. The van der Waals surface area contributed by atoms with Crippen LogP contribution in [0.3, 0.4) is 0 Å². The van der Waals surface area contributed by atoms with E-state index in [2.05, 4.69) is 63.7 Å². The zero-order chi connectivity index (χ0) is 32.1. The van der Waals surface area contributed by atoms with E-state index in [1.807, 2.05) is 0 Å². The lowest BCUT2D eigenvalue weighted by atomic mass is 10.5. The van der Waals surface area contributed by atoms with Crippen molar-refractivity contribution < 1.29 is 56.1 Å². The van der Waals surface area contributed by atoms with Gasteiger partial charge in [0.2, 0.25) is 0 Å². The SMILES string of the molecule is COC(=O)/C=C/C(=O)OCCC([Si](O[SiH2]C)(O[SiH2]C)O[SiH2]C)([Si](O[SiH2]C)(O[SiH2]C)O[SiH2]C)[Si](O[SiH2]C)(O[SiH2]C)O[SiH2]C. The summed E-state index contributed by atoms with van der Waals surface area (Å²) in [4.78, 5) is 24.3. The average molecular weight is 804 g/mol. The zero-order valence-electron chi connectivity index (χ0n) is 27.2. The van der Waals surface area contributed by atoms with Gasteiger partial charge in [0, 0.05) is 18.6 Å². The quantitative estimate of drug-likeness (QED) is 0.0474. The Morgan fingerprint density at radius 3 is 1.02 bits per heavy atom. The van der Waals surface area contributed by atoms with Crippen molar-refractivity contribution in [3.8, 4) is 0 Å². The van der Waals surface area contributed by atoms with E-state index in [1.54, 1.807) is 0 Å². The molecule has 13 nitrogen and oxygen atoms in total. The molecule has 0 bridgehead atoms. The molecule has 0 N–H and O–H groups in total. The van der Waals surface area contributed by atoms with Gasteiger partial charge in [0.1, 0.15) is 87.9 Å². The molecule has 0 saturated carbocycles. The summed E-state index contributed by atoms with van der Waals surface area (Å²) in [6, 6.07) is 0. The Kier molecular flexibility index (Phi) is 23.8. The van der Waals surface area contributed by atoms with Crippen molar-refractivity contribution in [1.29, 1.82) is 0 Å². The van der Waals surface area contributed by atoms with Crippen LogP contribution in [0.25, 0.3) is 0 Å². The summed E-state index contributed by atoms with van der Waals surface area (Å²) in [5.74, 6) is -1.34. The van der Waals surface area contributed by atoms with Crippen LogP contribution in [0.15, 0.2) is 12.2 Å². The summed E-state index contributed by atoms with van der Waals surface area (Å²) in [5.41, 5.74) is 0. The summed E-state index contributed by atoms with van der Waals surface area (Å²) in [6.07, 6.45) is 2.25. The summed E-state index contributed by atoms with van der Waals surface area (Å²) in [6.45, 7) is 18.4. The molecule has 0 aromatic rings. The number of esters is 2. The molecule has 0 aliphatic heterocycles. The molecular formula is C17H54O13Si12. The third-order valence-electron chi connectivity index (χ3n) is 5.86. The predicted octanol–water partition coefficient (Wildman–Crippen LogP) is -4.38. The predicted molar refractivity (Wildman–Crippen MR) is 196 cm³/mol. The second-order valence-electron chi connectivity index (χ2n) is 8.24. The van der Waals surface area contributed by atoms with E-state index in [1.165, 1.54) is 7.11 Å². The number of hydrogen-bond acceptors (Lipinski definition) is 13. The van der Waals surface area contributed by atoms with Crippen LogP contribution in [0.1, 0.15) is 6.42 Å². The maximum absolute atomic E-state index is 12.7. The Labute approximate surface area is 276 Å². The average Bonchev–Trinajstić information content (AvgIpc) is 2.95. The van der Waals surface area contributed by atoms with Gasteiger partial charge in [-0.1, -0.05) is 58.9 Å². The molecule has 0 aliphatic rings. The summed E-state index contributed by atoms with van der Waals surface area (Å²) in [7, 11) is -20.0. The Morgan fingerprint density at radius 2 is 0.786 bits per heavy atom. The second kappa shape index (κ2) is 23.3. The van der Waals surface area contributed by atoms with Crippen LogP contribution < -0.4 is 0 Å². The summed E-state index contributed by atoms with van der Waals surface area (Å²) in [5, 5.41) is 0. The molecule has 0 spiro atoms. The highest BCUT2D eigenvalue weighted by molar-refractivity contribution is 7.08. The summed E-state index contributed by atoms with van der Waals surface area (Å²) >= 11 is 0. The molecule has 0 aliphatic carbocycles. The standard InChI is InChI=1S/C17H54O13Si12/c1-20-15(18)11-12-16(19)21-14-13-17(40(22-31-2,23-32-3)24-33-4,41(25-34-5,26-35-6)27-36-7)42(28-37-8,29-38-9)30-39-10/h11-12H,13-14,31-39H2,1-10H3/b12-11+. The van der Waals surface area contributed by atoms with Crippen molar-refractivity contribution in [1.82, 2.24) is 0 Å². The largest absolute Gasteiger partial charge is 0.484 e. The van der Waals surface area contributed by atoms with Gasteiger partial charge in [-0.2, -0.15) is 0 Å². The van der Waals surface area contributed by atoms with Gasteiger partial charge in [-0.25, -0.2) is 9.59 Å². The topological polar surface area (TPSA) is 136 Å². The third kappa shape index (κ3) is 10.7. The van der Waals surface area contributed by atoms with Crippen molar-refractivity contribution in [2.24, 2.45) is 0 Å². The minimum absolute atomic E-state index is 0.0732. The molecule has 0 fully saturated rings. The van der Waals surface area contributed by atoms with E-state index in [0.717, 1.165) is 12.2 Å². The molecule has 0 saturated heterocycles. The number of carbonyl (C=O) groups is 2. The fourth-order valence-electron chi connectivity index (χ4n) is 4.77. The monoisotopic (exact) mass is 802 g/mol. The first-order chi connectivity index (χ1) is 20.1. The van der Waals surface area contributed by atoms with Crippen LogP contribution in [-0.4, -0.2) is 140 Å². The highest BCUT2D eigenvalue weighted by Gasteiger charge is 2.87. The Morgan fingerprint density at radius 1 is 0.524 bits per heavy atom. The van der Waals surface area contributed by atoms with E-state index in [9.17, 15) is 9.59 Å². The Hall–Kier alpha value is 0.923. The van der Waals surface area contributed by atoms with Crippen molar-refractivity contribution >= 4 is 126 Å². The van der Waals surface area contributed by atoms with E-state index in [4.69, 9.17) is 41.8 Å². The van der Waals surface area contributed by atoms with Gasteiger partial charge in [0.05, 0.1) is 13.7 Å². The number of ether oxygens (including phenoxy) is 2. The van der Waals surface area contributed by atoms with Gasteiger partial charge < -0.3 is 46.5 Å². The molecule has 42 heavy (non-hydrogen) atoms. The molecule has 0 atom stereocenters. The Bertz CT molecular complexity index is 683. The van der Waals surface area contributed by atoms with Crippen molar-refractivity contribution in [2.45, 2.75) is 69.6 Å². The third-order valence-corrected chi connectivity index (χ3v) is 39.3. The molecule has 0 radical (unpaired) electrons. The molecule has 0 rings (SSSR count). The first-order valence-corrected chi connectivity index (χ1v) is 37.9. The maximum atomic E-state index is 12.7. The van der Waals surface area contributed by atoms with Gasteiger partial charge in [-0.3, -0.25) is 0 Å². The van der Waals surface area contributed by atoms with E-state index in [0.29, 0.717) is 0 Å². The fraction of sp³-hybridized carbons (Fsp3) is 0.765. The van der Waals surface area contributed by atoms with E-state index >= 15 is 0 Å². The second-order valence-corrected chi connectivity index (χ2v) is 31.2. The first-order valence-electron chi connectivity index (χ1n) is 14.8. The minimum Gasteiger partial charge on any atom is -0.466 e. The van der Waals surface area contributed by atoms with Crippen LogP contribution in [0, 0.1) is 0 Å². The molecule has 0 amide bonds. The lowest BCUT2D eigenvalue weighted by Crippen LogP contribution is -2.83. The van der Waals surface area contributed by atoms with Crippen molar-refractivity contribution in [3.05, 3.63) is 12.2 Å². The number of rotatable bonds is 26. The molecule has 248 valence electrons. The molecule has 0 heterocycles. The highest BCUT2D eigenvalue weighted by Crippen LogP contribution is 2.59. The zero-order valence-corrected chi connectivity index (χ0v) is 43.0. The van der Waals surface area contributed by atoms with E-state index in [-0.39, 0.29) is 13.0 Å². The first kappa shape index (κ1) is 42.9. The number of hydrogen-bond donors (Lipinski definition) is 0. The van der Waals surface area contributed by atoms with Gasteiger partial charge >= 0.3 is 38.4 Å². The van der Waals surface area contributed by atoms with Gasteiger partial charge in [-0.05, 0) is 0 Å². The minimum atomic E-state index is -3.78. The molecule has 0 aromatic carbocycles. The van der Waals surface area contributed by atoms with Crippen molar-refractivity contribution in [3.63, 3.8) is 0 Å². The molecular weight excluding hydrogens is 749 g/mol. The molecule has 25 heteroatoms. The Balaban J connectivity index is 7.99. The highest BCUT2D eigenvalue weighted by atomic mass is 28.6.